The van der Waals surface area contributed by atoms with E-state index >= 15 is 0 Å². The van der Waals surface area contributed by atoms with Crippen molar-refractivity contribution in [3.63, 3.8) is 0 Å². The zero-order chi connectivity index (χ0) is 17.4. The molecule has 1 fully saturated rings. The van der Waals surface area contributed by atoms with Crippen molar-refractivity contribution in [2.24, 2.45) is 0 Å². The lowest BCUT2D eigenvalue weighted by atomic mass is 10.1. The van der Waals surface area contributed by atoms with Crippen molar-refractivity contribution in [2.45, 2.75) is 53.1 Å². The summed E-state index contributed by atoms with van der Waals surface area (Å²) in [6.45, 7) is 7.91. The molecule has 3 rings (SSSR count). The maximum absolute atomic E-state index is 13.1. The monoisotopic (exact) mass is 324 g/mol. The van der Waals surface area contributed by atoms with E-state index in [-0.39, 0.29) is 11.7 Å². The van der Waals surface area contributed by atoms with Gasteiger partial charge in [0.1, 0.15) is 5.69 Å². The predicted molar refractivity (Wildman–Crippen MR) is 94.3 cm³/mol. The summed E-state index contributed by atoms with van der Waals surface area (Å²) in [6, 6.07) is 8.60. The highest BCUT2D eigenvalue weighted by atomic mass is 16.2. The summed E-state index contributed by atoms with van der Waals surface area (Å²) < 4.78 is 0. The average Bonchev–Trinajstić information content (AvgIpc) is 3.31. The number of H-pyrrole nitrogens is 1. The van der Waals surface area contributed by atoms with Crippen LogP contribution in [0.5, 0.6) is 0 Å². The zero-order valence-electron chi connectivity index (χ0n) is 14.8. The number of carbonyl (C=O) groups is 2. The molecule has 0 atom stereocenters. The Morgan fingerprint density at radius 2 is 1.75 bits per heavy atom. The van der Waals surface area contributed by atoms with Crippen LogP contribution in [0.4, 0.5) is 0 Å². The number of amides is 1. The summed E-state index contributed by atoms with van der Waals surface area (Å²) in [5.74, 6) is -0.0111. The largest absolute Gasteiger partial charge is 0.354 e. The summed E-state index contributed by atoms with van der Waals surface area (Å²) in [5, 5.41) is 0. The lowest BCUT2D eigenvalue weighted by molar-refractivity contribution is 0.0723. The van der Waals surface area contributed by atoms with Gasteiger partial charge in [0.2, 0.25) is 0 Å². The van der Waals surface area contributed by atoms with Gasteiger partial charge in [-0.25, -0.2) is 0 Å². The van der Waals surface area contributed by atoms with Gasteiger partial charge in [0.25, 0.3) is 5.91 Å². The van der Waals surface area contributed by atoms with Crippen LogP contribution >= 0.6 is 0 Å². The molecule has 4 heteroatoms. The van der Waals surface area contributed by atoms with Crippen molar-refractivity contribution in [2.75, 3.05) is 0 Å². The number of benzene rings is 1. The molecule has 126 valence electrons. The Balaban J connectivity index is 1.89. The normalized spacial score (nSPS) is 13.8. The average molecular weight is 324 g/mol. The van der Waals surface area contributed by atoms with Gasteiger partial charge in [-0.1, -0.05) is 29.8 Å². The molecule has 0 bridgehead atoms. The Bertz CT molecular complexity index is 783. The number of aryl methyl sites for hydroxylation is 2. The molecule has 0 aliphatic heterocycles. The lowest BCUT2D eigenvalue weighted by Crippen LogP contribution is -2.33. The maximum Gasteiger partial charge on any atom is 0.271 e. The Hall–Kier alpha value is -2.36. The minimum absolute atomic E-state index is 0.00296. The number of nitrogens with zero attached hydrogens (tertiary/aromatic N) is 1. The molecule has 0 radical (unpaired) electrons. The highest BCUT2D eigenvalue weighted by Gasteiger charge is 2.35. The molecule has 1 aromatic heterocycles. The van der Waals surface area contributed by atoms with E-state index in [1.165, 1.54) is 5.56 Å². The van der Waals surface area contributed by atoms with Crippen molar-refractivity contribution < 1.29 is 9.59 Å². The number of Topliss-reactive ketones (excluding diaryl/α,β-unsaturated/α-hetero) is 1. The standard InChI is InChI=1S/C20H24N2O2/c1-12-5-7-16(8-6-12)11-22(17-9-10-17)20(24)19-13(2)18(15(4)23)14(3)21-19/h5-8,17,21H,9-11H2,1-4H3. The molecule has 0 saturated heterocycles. The van der Waals surface area contributed by atoms with Crippen molar-refractivity contribution in [1.29, 1.82) is 0 Å². The third-order valence-corrected chi connectivity index (χ3v) is 4.73. The third kappa shape index (κ3) is 3.14. The van der Waals surface area contributed by atoms with Crippen LogP contribution in [0, 0.1) is 20.8 Å². The van der Waals surface area contributed by atoms with Gasteiger partial charge in [0.15, 0.2) is 5.78 Å². The predicted octanol–water partition coefficient (Wildman–Crippen LogP) is 3.95. The fourth-order valence-corrected chi connectivity index (χ4v) is 3.28. The number of rotatable bonds is 5. The SMILES string of the molecule is CC(=O)c1c(C)[nH]c(C(=O)N(Cc2ccc(C)cc2)C2CC2)c1C. The van der Waals surface area contributed by atoms with E-state index in [1.54, 1.807) is 6.92 Å². The highest BCUT2D eigenvalue weighted by Crippen LogP contribution is 2.31. The number of hydrogen-bond donors (Lipinski definition) is 1. The van der Waals surface area contributed by atoms with E-state index in [1.807, 2.05) is 18.7 Å². The molecular weight excluding hydrogens is 300 g/mol. The van der Waals surface area contributed by atoms with Gasteiger partial charge in [0, 0.05) is 23.8 Å². The summed E-state index contributed by atoms with van der Waals surface area (Å²) in [5.41, 5.74) is 5.08. The quantitative estimate of drug-likeness (QED) is 0.847. The maximum atomic E-state index is 13.1. The van der Waals surface area contributed by atoms with Crippen molar-refractivity contribution in [1.82, 2.24) is 9.88 Å². The second-order valence-corrected chi connectivity index (χ2v) is 6.83. The Labute approximate surface area is 142 Å². The smallest absolute Gasteiger partial charge is 0.271 e. The van der Waals surface area contributed by atoms with E-state index in [0.717, 1.165) is 29.7 Å². The lowest BCUT2D eigenvalue weighted by Gasteiger charge is -2.22. The summed E-state index contributed by atoms with van der Waals surface area (Å²) >= 11 is 0. The molecule has 24 heavy (non-hydrogen) atoms. The summed E-state index contributed by atoms with van der Waals surface area (Å²) in [4.78, 5) is 30.0. The molecule has 0 unspecified atom stereocenters. The highest BCUT2D eigenvalue weighted by molar-refractivity contribution is 6.02. The van der Waals surface area contributed by atoms with Crippen LogP contribution in [0.25, 0.3) is 0 Å². The van der Waals surface area contributed by atoms with Crippen LogP contribution in [0.1, 0.15) is 63.0 Å². The fourth-order valence-electron chi connectivity index (χ4n) is 3.28. The van der Waals surface area contributed by atoms with Gasteiger partial charge in [-0.3, -0.25) is 9.59 Å². The molecule has 1 amide bonds. The molecule has 4 nitrogen and oxygen atoms in total. The van der Waals surface area contributed by atoms with Crippen molar-refractivity contribution in [3.05, 3.63) is 57.9 Å². The topological polar surface area (TPSA) is 53.2 Å². The Morgan fingerprint density at radius 1 is 1.12 bits per heavy atom. The first-order valence-electron chi connectivity index (χ1n) is 8.45. The third-order valence-electron chi connectivity index (χ3n) is 4.73. The van der Waals surface area contributed by atoms with Gasteiger partial charge in [0.05, 0.1) is 0 Å². The molecule has 1 aliphatic carbocycles. The second kappa shape index (κ2) is 6.27. The molecule has 1 heterocycles. The molecule has 2 aromatic rings. The van der Waals surface area contributed by atoms with Gasteiger partial charge < -0.3 is 9.88 Å². The van der Waals surface area contributed by atoms with E-state index in [2.05, 4.69) is 36.2 Å². The number of hydrogen-bond acceptors (Lipinski definition) is 2. The molecule has 1 aliphatic rings. The van der Waals surface area contributed by atoms with Gasteiger partial charge in [-0.15, -0.1) is 0 Å². The van der Waals surface area contributed by atoms with E-state index < -0.39 is 0 Å². The van der Waals surface area contributed by atoms with Crippen LogP contribution in [0.3, 0.4) is 0 Å². The first-order valence-corrected chi connectivity index (χ1v) is 8.45. The number of nitrogens with one attached hydrogen (secondary N) is 1. The molecular formula is C20H24N2O2. The minimum atomic E-state index is -0.00817. The molecule has 1 aromatic carbocycles. The van der Waals surface area contributed by atoms with Gasteiger partial charge in [-0.2, -0.15) is 0 Å². The molecule has 0 spiro atoms. The number of carbonyl (C=O) groups excluding carboxylic acids is 2. The van der Waals surface area contributed by atoms with E-state index in [4.69, 9.17) is 0 Å². The van der Waals surface area contributed by atoms with Crippen LogP contribution in [-0.2, 0) is 6.54 Å². The Morgan fingerprint density at radius 3 is 2.25 bits per heavy atom. The van der Waals surface area contributed by atoms with Crippen LogP contribution in [0.15, 0.2) is 24.3 Å². The van der Waals surface area contributed by atoms with Gasteiger partial charge in [-0.05, 0) is 51.7 Å². The van der Waals surface area contributed by atoms with Crippen LogP contribution in [-0.4, -0.2) is 27.6 Å². The molecule has 1 N–H and O–H groups in total. The first-order chi connectivity index (χ1) is 11.4. The van der Waals surface area contributed by atoms with Crippen molar-refractivity contribution >= 4 is 11.7 Å². The summed E-state index contributed by atoms with van der Waals surface area (Å²) in [6.07, 6.45) is 2.10. The Kier molecular flexibility index (Phi) is 4.31. The van der Waals surface area contributed by atoms with Crippen LogP contribution in [0.2, 0.25) is 0 Å². The minimum Gasteiger partial charge on any atom is -0.354 e. The first kappa shape index (κ1) is 16.5. The van der Waals surface area contributed by atoms with Crippen molar-refractivity contribution in [3.8, 4) is 0 Å². The number of aromatic amines is 1. The van der Waals surface area contributed by atoms with E-state index in [9.17, 15) is 9.59 Å². The van der Waals surface area contributed by atoms with E-state index in [0.29, 0.717) is 23.8 Å². The second-order valence-electron chi connectivity index (χ2n) is 6.83. The number of aromatic nitrogens is 1. The number of ketones is 1. The van der Waals surface area contributed by atoms with Crippen LogP contribution < -0.4 is 0 Å². The zero-order valence-corrected chi connectivity index (χ0v) is 14.8. The molecule has 1 saturated carbocycles. The van der Waals surface area contributed by atoms with Gasteiger partial charge >= 0.3 is 0 Å². The fraction of sp³-hybridized carbons (Fsp3) is 0.400. The summed E-state index contributed by atoms with van der Waals surface area (Å²) in [7, 11) is 0.